The Balaban J connectivity index is 1.17. The molecule has 0 spiro atoms. The number of carbonyl (C=O) groups is 2. The van der Waals surface area contributed by atoms with E-state index in [-0.39, 0.29) is 17.9 Å². The highest BCUT2D eigenvalue weighted by molar-refractivity contribution is 7.22. The first-order valence-corrected chi connectivity index (χ1v) is 11.6. The molecule has 1 unspecified atom stereocenters. The number of anilines is 2. The van der Waals surface area contributed by atoms with Crippen LogP contribution in [0, 0.1) is 0 Å². The Morgan fingerprint density at radius 1 is 1.17 bits per heavy atom. The normalized spacial score (nSPS) is 19.0. The van der Waals surface area contributed by atoms with Crippen LogP contribution in [0.25, 0.3) is 10.2 Å². The minimum absolute atomic E-state index is 0.0751. The number of para-hydroxylation sites is 1. The highest BCUT2D eigenvalue weighted by atomic mass is 32.1. The van der Waals surface area contributed by atoms with E-state index in [9.17, 15) is 9.59 Å². The van der Waals surface area contributed by atoms with Crippen LogP contribution in [0.2, 0.25) is 0 Å². The number of thiazole rings is 2. The first-order valence-electron chi connectivity index (χ1n) is 9.93. The average molecular weight is 444 g/mol. The van der Waals surface area contributed by atoms with Gasteiger partial charge in [0.1, 0.15) is 6.10 Å². The number of carbonyl (C=O) groups excluding carboxylic acids is 2. The molecule has 156 valence electrons. The van der Waals surface area contributed by atoms with Crippen LogP contribution in [0.15, 0.2) is 24.3 Å². The molecular weight excluding hydrogens is 422 g/mol. The van der Waals surface area contributed by atoms with Gasteiger partial charge < -0.3 is 10.1 Å². The average Bonchev–Trinajstić information content (AvgIpc) is 3.46. The number of aromatic nitrogens is 2. The number of fused-ring (bicyclic) bond motifs is 2. The standard InChI is InChI=1S/C20H21N5O3S2/c26-17(23-19-21-12-4-1-2-6-15(12)29-19)11-25-8-7-13-16(10-25)30-20(22-13)24-18(27)14-5-3-9-28-14/h1-2,4,6,14H,3,5,7-11H2,(H,21,23,26)(H,22,24,27). The van der Waals surface area contributed by atoms with Gasteiger partial charge in [-0.15, -0.1) is 11.3 Å². The van der Waals surface area contributed by atoms with E-state index >= 15 is 0 Å². The summed E-state index contributed by atoms with van der Waals surface area (Å²) in [5, 5.41) is 7.02. The van der Waals surface area contributed by atoms with Gasteiger partial charge in [-0.3, -0.25) is 19.8 Å². The van der Waals surface area contributed by atoms with Crippen LogP contribution in [0.4, 0.5) is 10.3 Å². The smallest absolute Gasteiger partial charge is 0.255 e. The molecule has 3 aromatic rings. The Labute approximate surface area is 181 Å². The summed E-state index contributed by atoms with van der Waals surface area (Å²) < 4.78 is 6.48. The third kappa shape index (κ3) is 4.22. The van der Waals surface area contributed by atoms with Crippen molar-refractivity contribution in [2.24, 2.45) is 0 Å². The van der Waals surface area contributed by atoms with E-state index in [1.807, 2.05) is 24.3 Å². The Morgan fingerprint density at radius 3 is 2.87 bits per heavy atom. The number of nitrogens with zero attached hydrogens (tertiary/aromatic N) is 3. The summed E-state index contributed by atoms with van der Waals surface area (Å²) in [6, 6.07) is 7.83. The molecule has 30 heavy (non-hydrogen) atoms. The van der Waals surface area contributed by atoms with E-state index < -0.39 is 0 Å². The number of amides is 2. The fraction of sp³-hybridized carbons (Fsp3) is 0.400. The highest BCUT2D eigenvalue weighted by Gasteiger charge is 2.26. The quantitative estimate of drug-likeness (QED) is 0.630. The lowest BCUT2D eigenvalue weighted by atomic mass is 10.2. The Kier molecular flexibility index (Phi) is 5.47. The second-order valence-corrected chi connectivity index (χ2v) is 9.49. The van der Waals surface area contributed by atoms with Gasteiger partial charge in [0.05, 0.1) is 22.5 Å². The van der Waals surface area contributed by atoms with E-state index in [0.717, 1.165) is 46.6 Å². The summed E-state index contributed by atoms with van der Waals surface area (Å²) >= 11 is 2.95. The van der Waals surface area contributed by atoms with Crippen LogP contribution in [0.1, 0.15) is 23.4 Å². The molecule has 0 aliphatic carbocycles. The lowest BCUT2D eigenvalue weighted by Gasteiger charge is -2.24. The maximum Gasteiger partial charge on any atom is 0.255 e. The fourth-order valence-corrected chi connectivity index (χ4v) is 5.63. The molecule has 2 amide bonds. The molecule has 1 fully saturated rings. The van der Waals surface area contributed by atoms with Crippen LogP contribution >= 0.6 is 22.7 Å². The summed E-state index contributed by atoms with van der Waals surface area (Å²) in [7, 11) is 0. The molecule has 2 aliphatic heterocycles. The lowest BCUT2D eigenvalue weighted by molar-refractivity contribution is -0.124. The molecule has 5 rings (SSSR count). The van der Waals surface area contributed by atoms with Crippen LogP contribution in [-0.4, -0.2) is 52.5 Å². The minimum Gasteiger partial charge on any atom is -0.368 e. The Hall–Kier alpha value is -2.40. The van der Waals surface area contributed by atoms with Gasteiger partial charge in [0.15, 0.2) is 10.3 Å². The lowest BCUT2D eigenvalue weighted by Crippen LogP contribution is -2.36. The Morgan fingerprint density at radius 2 is 2.03 bits per heavy atom. The number of hydrogen-bond acceptors (Lipinski definition) is 8. The zero-order chi connectivity index (χ0) is 20.5. The zero-order valence-corrected chi connectivity index (χ0v) is 17.9. The molecule has 1 aromatic carbocycles. The number of ether oxygens (including phenoxy) is 1. The van der Waals surface area contributed by atoms with Crippen molar-refractivity contribution in [1.82, 2.24) is 14.9 Å². The third-order valence-electron chi connectivity index (χ3n) is 5.17. The molecule has 4 heterocycles. The first kappa shape index (κ1) is 19.6. The molecule has 0 radical (unpaired) electrons. The molecule has 1 atom stereocenters. The third-order valence-corrected chi connectivity index (χ3v) is 7.12. The molecule has 10 heteroatoms. The van der Waals surface area contributed by atoms with Crippen molar-refractivity contribution in [3.8, 4) is 0 Å². The van der Waals surface area contributed by atoms with Crippen molar-refractivity contribution >= 4 is 55.0 Å². The predicted octanol–water partition coefficient (Wildman–Crippen LogP) is 2.87. The van der Waals surface area contributed by atoms with Gasteiger partial charge in [-0.2, -0.15) is 0 Å². The molecule has 1 saturated heterocycles. The minimum atomic E-state index is -0.367. The second-order valence-electron chi connectivity index (χ2n) is 7.38. The summed E-state index contributed by atoms with van der Waals surface area (Å²) in [6.07, 6.45) is 2.07. The molecule has 8 nitrogen and oxygen atoms in total. The summed E-state index contributed by atoms with van der Waals surface area (Å²) in [4.78, 5) is 36.9. The number of benzene rings is 1. The molecule has 2 aliphatic rings. The topological polar surface area (TPSA) is 96.5 Å². The van der Waals surface area contributed by atoms with Crippen LogP contribution in [0.3, 0.4) is 0 Å². The van der Waals surface area contributed by atoms with E-state index in [2.05, 4.69) is 25.5 Å². The number of nitrogens with one attached hydrogen (secondary N) is 2. The molecule has 0 saturated carbocycles. The zero-order valence-electron chi connectivity index (χ0n) is 16.2. The Bertz CT molecular complexity index is 1060. The molecule has 2 N–H and O–H groups in total. The monoisotopic (exact) mass is 443 g/mol. The van der Waals surface area contributed by atoms with Gasteiger partial charge in [0, 0.05) is 31.0 Å². The van der Waals surface area contributed by atoms with Gasteiger partial charge >= 0.3 is 0 Å². The van der Waals surface area contributed by atoms with Crippen LogP contribution < -0.4 is 10.6 Å². The maximum atomic E-state index is 12.5. The summed E-state index contributed by atoms with van der Waals surface area (Å²) in [6.45, 7) is 2.34. The summed E-state index contributed by atoms with van der Waals surface area (Å²) in [5.74, 6) is -0.195. The van der Waals surface area contributed by atoms with Gasteiger partial charge in [0.25, 0.3) is 5.91 Å². The molecule has 2 aromatic heterocycles. The van der Waals surface area contributed by atoms with Crippen LogP contribution in [0.5, 0.6) is 0 Å². The highest BCUT2D eigenvalue weighted by Crippen LogP contribution is 2.29. The molecular formula is C20H21N5O3S2. The fourth-order valence-electron chi connectivity index (χ4n) is 3.69. The first-order chi connectivity index (χ1) is 14.6. The van der Waals surface area contributed by atoms with E-state index in [1.54, 1.807) is 0 Å². The van der Waals surface area contributed by atoms with Crippen molar-refractivity contribution in [1.29, 1.82) is 0 Å². The van der Waals surface area contributed by atoms with E-state index in [0.29, 0.717) is 30.0 Å². The van der Waals surface area contributed by atoms with Crippen LogP contribution in [-0.2, 0) is 27.3 Å². The van der Waals surface area contributed by atoms with Gasteiger partial charge in [-0.25, -0.2) is 9.97 Å². The van der Waals surface area contributed by atoms with Crippen molar-refractivity contribution in [3.63, 3.8) is 0 Å². The van der Waals surface area contributed by atoms with Crippen molar-refractivity contribution in [2.45, 2.75) is 31.9 Å². The maximum absolute atomic E-state index is 12.5. The van der Waals surface area contributed by atoms with Crippen molar-refractivity contribution < 1.29 is 14.3 Å². The molecule has 0 bridgehead atoms. The SMILES string of the molecule is O=C(CN1CCc2nc(NC(=O)C3CCCO3)sc2C1)Nc1nc2ccccc2s1. The van der Waals surface area contributed by atoms with Gasteiger partial charge in [-0.05, 0) is 25.0 Å². The number of hydrogen-bond donors (Lipinski definition) is 2. The van der Waals surface area contributed by atoms with Crippen molar-refractivity contribution in [2.75, 3.05) is 30.3 Å². The van der Waals surface area contributed by atoms with Crippen molar-refractivity contribution in [3.05, 3.63) is 34.8 Å². The van der Waals surface area contributed by atoms with E-state index in [4.69, 9.17) is 4.74 Å². The predicted molar refractivity (Wildman–Crippen MR) is 117 cm³/mol. The second kappa shape index (κ2) is 8.38. The van der Waals surface area contributed by atoms with Gasteiger partial charge in [-0.1, -0.05) is 23.5 Å². The number of rotatable bonds is 5. The largest absolute Gasteiger partial charge is 0.368 e. The van der Waals surface area contributed by atoms with Gasteiger partial charge in [0.2, 0.25) is 5.91 Å². The summed E-state index contributed by atoms with van der Waals surface area (Å²) in [5.41, 5.74) is 1.90. The van der Waals surface area contributed by atoms with E-state index in [1.165, 1.54) is 22.7 Å².